The minimum Gasteiger partial charge on any atom is -0.481 e. The van der Waals surface area contributed by atoms with Gasteiger partial charge in [-0.25, -0.2) is 9.97 Å². The third-order valence-corrected chi connectivity index (χ3v) is 5.04. The number of carbonyl (C=O) groups excluding carboxylic acids is 2. The van der Waals surface area contributed by atoms with E-state index < -0.39 is 0 Å². The predicted octanol–water partition coefficient (Wildman–Crippen LogP) is 2.09. The molecular formula is C24H25N7O3. The maximum atomic E-state index is 12.8. The molecule has 10 nitrogen and oxygen atoms in total. The number of fused-ring (bicyclic) bond motifs is 1. The number of methoxy groups -OCH3 is 1. The van der Waals surface area contributed by atoms with Gasteiger partial charge in [-0.05, 0) is 43.4 Å². The summed E-state index contributed by atoms with van der Waals surface area (Å²) in [5.41, 5.74) is 3.02. The number of rotatable bonds is 9. The summed E-state index contributed by atoms with van der Waals surface area (Å²) in [5.74, 6) is 0.0550. The highest BCUT2D eigenvalue weighted by molar-refractivity contribution is 6.04. The van der Waals surface area contributed by atoms with E-state index >= 15 is 0 Å². The first kappa shape index (κ1) is 22.9. The summed E-state index contributed by atoms with van der Waals surface area (Å²) in [5, 5.41) is 13.9. The van der Waals surface area contributed by atoms with E-state index in [1.54, 1.807) is 54.5 Å². The van der Waals surface area contributed by atoms with Crippen molar-refractivity contribution in [2.45, 2.75) is 6.54 Å². The summed E-state index contributed by atoms with van der Waals surface area (Å²) in [7, 11) is 3.38. The van der Waals surface area contributed by atoms with Crippen molar-refractivity contribution in [1.29, 1.82) is 0 Å². The average molecular weight is 460 g/mol. The van der Waals surface area contributed by atoms with Crippen molar-refractivity contribution in [2.24, 2.45) is 0 Å². The molecule has 0 fully saturated rings. The Balaban J connectivity index is 1.44. The van der Waals surface area contributed by atoms with Crippen LogP contribution in [0.15, 0.2) is 60.9 Å². The number of nitrogens with zero attached hydrogens (tertiary/aromatic N) is 4. The minimum atomic E-state index is -0.334. The first-order chi connectivity index (χ1) is 16.6. The van der Waals surface area contributed by atoms with Gasteiger partial charge >= 0.3 is 0 Å². The van der Waals surface area contributed by atoms with Gasteiger partial charge in [0.1, 0.15) is 12.2 Å². The predicted molar refractivity (Wildman–Crippen MR) is 129 cm³/mol. The van der Waals surface area contributed by atoms with E-state index in [1.807, 2.05) is 25.2 Å². The number of hydrogen-bond donors (Lipinski definition) is 3. The van der Waals surface area contributed by atoms with E-state index in [0.717, 1.165) is 16.5 Å². The van der Waals surface area contributed by atoms with Crippen LogP contribution in [0.5, 0.6) is 5.88 Å². The molecule has 3 N–H and O–H groups in total. The molecule has 0 radical (unpaired) electrons. The van der Waals surface area contributed by atoms with Gasteiger partial charge in [0.25, 0.3) is 5.91 Å². The fourth-order valence-electron chi connectivity index (χ4n) is 3.34. The minimum absolute atomic E-state index is 0.116. The summed E-state index contributed by atoms with van der Waals surface area (Å²) in [6.07, 6.45) is 3.42. The highest BCUT2D eigenvalue weighted by atomic mass is 16.5. The first-order valence-electron chi connectivity index (χ1n) is 10.7. The van der Waals surface area contributed by atoms with Crippen LogP contribution in [0.3, 0.4) is 0 Å². The van der Waals surface area contributed by atoms with Crippen LogP contribution in [0.1, 0.15) is 10.5 Å². The molecule has 3 aromatic heterocycles. The molecule has 0 unspecified atom stereocenters. The second-order valence-corrected chi connectivity index (χ2v) is 7.51. The monoisotopic (exact) mass is 459 g/mol. The molecule has 0 bridgehead atoms. The Labute approximate surface area is 196 Å². The molecule has 4 aromatic rings. The van der Waals surface area contributed by atoms with E-state index in [4.69, 9.17) is 4.74 Å². The van der Waals surface area contributed by atoms with Gasteiger partial charge in [-0.3, -0.25) is 14.3 Å². The van der Waals surface area contributed by atoms with Crippen LogP contribution in [0.4, 0.5) is 5.69 Å². The van der Waals surface area contributed by atoms with Gasteiger partial charge in [-0.15, -0.1) is 0 Å². The second kappa shape index (κ2) is 10.5. The van der Waals surface area contributed by atoms with Gasteiger partial charge in [-0.1, -0.05) is 6.07 Å². The van der Waals surface area contributed by atoms with Gasteiger partial charge < -0.3 is 20.7 Å². The average Bonchev–Trinajstić information content (AvgIpc) is 3.25. The number of aromatic nitrogens is 4. The molecule has 3 heterocycles. The summed E-state index contributed by atoms with van der Waals surface area (Å²) < 4.78 is 6.66. The van der Waals surface area contributed by atoms with Crippen molar-refractivity contribution >= 4 is 28.4 Å². The Morgan fingerprint density at radius 2 is 1.97 bits per heavy atom. The number of hydrogen-bond acceptors (Lipinski definition) is 7. The molecule has 0 aliphatic carbocycles. The highest BCUT2D eigenvalue weighted by Crippen LogP contribution is 2.21. The van der Waals surface area contributed by atoms with Crippen molar-refractivity contribution in [2.75, 3.05) is 32.6 Å². The Bertz CT molecular complexity index is 1300. The number of carbonyl (C=O) groups is 2. The lowest BCUT2D eigenvalue weighted by Gasteiger charge is -2.07. The lowest BCUT2D eigenvalue weighted by Crippen LogP contribution is -2.33. The lowest BCUT2D eigenvalue weighted by molar-refractivity contribution is -0.121. The topological polar surface area (TPSA) is 123 Å². The van der Waals surface area contributed by atoms with Crippen molar-refractivity contribution in [3.63, 3.8) is 0 Å². The van der Waals surface area contributed by atoms with Crippen molar-refractivity contribution < 1.29 is 14.3 Å². The molecule has 0 saturated carbocycles. The zero-order valence-corrected chi connectivity index (χ0v) is 18.9. The van der Waals surface area contributed by atoms with E-state index in [-0.39, 0.29) is 24.1 Å². The zero-order valence-electron chi connectivity index (χ0n) is 18.9. The molecule has 0 atom stereocenters. The van der Waals surface area contributed by atoms with Crippen LogP contribution in [0.2, 0.25) is 0 Å². The van der Waals surface area contributed by atoms with Crippen LogP contribution >= 0.6 is 0 Å². The molecule has 174 valence electrons. The highest BCUT2D eigenvalue weighted by Gasteiger charge is 2.12. The van der Waals surface area contributed by atoms with Gasteiger partial charge in [-0.2, -0.15) is 5.10 Å². The molecule has 0 saturated heterocycles. The molecule has 1 aromatic carbocycles. The third-order valence-electron chi connectivity index (χ3n) is 5.04. The summed E-state index contributed by atoms with van der Waals surface area (Å²) in [4.78, 5) is 33.5. The number of ether oxygens (including phenoxy) is 1. The van der Waals surface area contributed by atoms with Crippen LogP contribution in [0.25, 0.3) is 22.2 Å². The number of nitrogens with one attached hydrogen (secondary N) is 3. The fourth-order valence-corrected chi connectivity index (χ4v) is 3.34. The molecule has 0 spiro atoms. The molecule has 34 heavy (non-hydrogen) atoms. The summed E-state index contributed by atoms with van der Waals surface area (Å²) in [6, 6.07) is 14.2. The van der Waals surface area contributed by atoms with Crippen LogP contribution < -0.4 is 20.7 Å². The zero-order chi connectivity index (χ0) is 23.9. The number of anilines is 1. The SMILES string of the molecule is CNCCNC(=O)Cn1cc2cc(NC(=O)c3cccc(-c4ccc(OC)nc4)n3)ccc2n1. The van der Waals surface area contributed by atoms with E-state index in [9.17, 15) is 9.59 Å². The Hall–Kier alpha value is -4.31. The van der Waals surface area contributed by atoms with Crippen LogP contribution in [-0.2, 0) is 11.3 Å². The van der Waals surface area contributed by atoms with Gasteiger partial charge in [0.2, 0.25) is 11.8 Å². The maximum absolute atomic E-state index is 12.8. The van der Waals surface area contributed by atoms with E-state index in [2.05, 4.69) is 31.0 Å². The largest absolute Gasteiger partial charge is 0.481 e. The summed E-state index contributed by atoms with van der Waals surface area (Å²) in [6.45, 7) is 1.37. The van der Waals surface area contributed by atoms with Crippen LogP contribution in [0, 0.1) is 0 Å². The Morgan fingerprint density at radius 3 is 2.74 bits per heavy atom. The number of pyridine rings is 2. The maximum Gasteiger partial charge on any atom is 0.274 e. The second-order valence-electron chi connectivity index (χ2n) is 7.51. The molecule has 0 aliphatic heterocycles. The summed E-state index contributed by atoms with van der Waals surface area (Å²) >= 11 is 0. The normalized spacial score (nSPS) is 10.8. The molecule has 2 amide bonds. The van der Waals surface area contributed by atoms with Crippen molar-refractivity contribution in [1.82, 2.24) is 30.4 Å². The Kier molecular flexibility index (Phi) is 7.09. The fraction of sp³-hybridized carbons (Fsp3) is 0.208. The third kappa shape index (κ3) is 5.54. The first-order valence-corrected chi connectivity index (χ1v) is 10.7. The van der Waals surface area contributed by atoms with E-state index in [1.165, 1.54) is 0 Å². The van der Waals surface area contributed by atoms with Gasteiger partial charge in [0.15, 0.2) is 0 Å². The number of amides is 2. The molecule has 4 rings (SSSR count). The Morgan fingerprint density at radius 1 is 1.09 bits per heavy atom. The van der Waals surface area contributed by atoms with Crippen molar-refractivity contribution in [3.8, 4) is 17.1 Å². The standard InChI is InChI=1S/C24H25N7O3/c1-25-10-11-26-22(32)15-31-14-17-12-18(7-8-20(17)30-31)28-24(33)21-5-3-4-19(29-21)16-6-9-23(34-2)27-13-16/h3-9,12-14,25H,10-11,15H2,1-2H3,(H,26,32)(H,28,33). The van der Waals surface area contributed by atoms with Crippen molar-refractivity contribution in [3.05, 3.63) is 66.6 Å². The quantitative estimate of drug-likeness (QED) is 0.328. The number of likely N-dealkylation sites (N-methyl/N-ethyl adjacent to an activating group) is 1. The van der Waals surface area contributed by atoms with Crippen LogP contribution in [-0.4, -0.2) is 58.8 Å². The van der Waals surface area contributed by atoms with E-state index in [0.29, 0.717) is 30.4 Å². The van der Waals surface area contributed by atoms with Gasteiger partial charge in [0.05, 0.1) is 18.3 Å². The molecule has 0 aliphatic rings. The lowest BCUT2D eigenvalue weighted by atomic mass is 10.1. The number of benzene rings is 1. The van der Waals surface area contributed by atoms with Gasteiger partial charge in [0, 0.05) is 48.2 Å². The molecule has 10 heteroatoms. The smallest absolute Gasteiger partial charge is 0.274 e. The molecular weight excluding hydrogens is 434 g/mol.